The van der Waals surface area contributed by atoms with E-state index in [0.717, 1.165) is 185 Å². The molecule has 1 aliphatic carbocycles. The van der Waals surface area contributed by atoms with Crippen molar-refractivity contribution in [2.45, 2.75) is 165 Å². The topological polar surface area (TPSA) is 208 Å². The number of ether oxygens (including phenoxy) is 4. The molecule has 6 aromatic rings. The number of carbonyl (C=O) groups is 5. The summed E-state index contributed by atoms with van der Waals surface area (Å²) >= 11 is 3.26. The lowest BCUT2D eigenvalue weighted by Gasteiger charge is -2.40. The molecule has 2 aromatic heterocycles. The van der Waals surface area contributed by atoms with E-state index in [1.165, 1.54) is 35.9 Å². The highest BCUT2D eigenvalue weighted by Gasteiger charge is 2.47. The monoisotopic (exact) mass is 1440 g/mol. The van der Waals surface area contributed by atoms with Crippen LogP contribution in [0.3, 0.4) is 0 Å². The van der Waals surface area contributed by atoms with Crippen LogP contribution in [-0.4, -0.2) is 180 Å². The number of benzene rings is 4. The van der Waals surface area contributed by atoms with Crippen LogP contribution in [0.5, 0.6) is 5.75 Å². The predicted molar refractivity (Wildman–Crippen MR) is 386 cm³/mol. The van der Waals surface area contributed by atoms with Crippen LogP contribution >= 0.6 is 23.5 Å². The highest BCUT2D eigenvalue weighted by molar-refractivity contribution is 7.99. The lowest BCUT2D eigenvalue weighted by molar-refractivity contribution is -0.138. The van der Waals surface area contributed by atoms with Crippen LogP contribution in [0.1, 0.15) is 173 Å². The molecule has 5 saturated heterocycles. The first kappa shape index (κ1) is 77.2. The van der Waals surface area contributed by atoms with Crippen molar-refractivity contribution in [3.8, 4) is 17.6 Å². The molecular formula is C79H97F3N6O12S2. The van der Waals surface area contributed by atoms with Crippen molar-refractivity contribution >= 4 is 53.0 Å². The van der Waals surface area contributed by atoms with E-state index < -0.39 is 11.7 Å². The average molecular weight is 1440 g/mol. The zero-order valence-corrected chi connectivity index (χ0v) is 61.0. The van der Waals surface area contributed by atoms with Gasteiger partial charge in [-0.05, 0) is 181 Å². The molecule has 6 aliphatic rings. The maximum absolute atomic E-state index is 13.3. The van der Waals surface area contributed by atoms with E-state index in [2.05, 4.69) is 62.3 Å². The maximum atomic E-state index is 13.3. The van der Waals surface area contributed by atoms with Gasteiger partial charge in [-0.25, -0.2) is 4.79 Å². The first-order valence-corrected chi connectivity index (χ1v) is 38.2. The van der Waals surface area contributed by atoms with Crippen molar-refractivity contribution in [2.24, 2.45) is 5.92 Å². The molecule has 18 nitrogen and oxygen atoms in total. The van der Waals surface area contributed by atoms with E-state index in [1.807, 2.05) is 55.7 Å². The number of carbonyl (C=O) groups excluding carboxylic acids is 5. The molecule has 12 rings (SSSR count). The van der Waals surface area contributed by atoms with E-state index in [9.17, 15) is 37.1 Å². The summed E-state index contributed by atoms with van der Waals surface area (Å²) in [6.07, 6.45) is 6.99. The number of aliphatic hydroxyl groups is 1. The van der Waals surface area contributed by atoms with Crippen LogP contribution in [0.4, 0.5) is 13.2 Å². The molecule has 7 heterocycles. The Morgan fingerprint density at radius 1 is 0.647 bits per heavy atom. The van der Waals surface area contributed by atoms with Gasteiger partial charge in [-0.2, -0.15) is 13.2 Å². The van der Waals surface area contributed by atoms with Crippen LogP contribution in [0.15, 0.2) is 106 Å². The quantitative estimate of drug-likeness (QED) is 0.0321. The number of aryl methyl sites for hydroxylation is 5. The van der Waals surface area contributed by atoms with Crippen LogP contribution in [0.25, 0.3) is 0 Å². The summed E-state index contributed by atoms with van der Waals surface area (Å²) in [4.78, 5) is 71.4. The van der Waals surface area contributed by atoms with Crippen molar-refractivity contribution in [3.63, 3.8) is 0 Å². The Hall–Kier alpha value is -7.46. The molecule has 4 atom stereocenters. The van der Waals surface area contributed by atoms with Crippen molar-refractivity contribution in [1.82, 2.24) is 29.9 Å². The lowest BCUT2D eigenvalue weighted by atomic mass is 9.82. The summed E-state index contributed by atoms with van der Waals surface area (Å²) in [5.74, 6) is 11.8. The highest BCUT2D eigenvalue weighted by atomic mass is 32.2. The van der Waals surface area contributed by atoms with Gasteiger partial charge in [0.1, 0.15) is 36.3 Å². The number of piperidine rings is 2. The van der Waals surface area contributed by atoms with Crippen LogP contribution in [-0.2, 0) is 57.5 Å². The number of thioether (sulfide) groups is 2. The fourth-order valence-corrected chi connectivity index (χ4v) is 17.0. The third kappa shape index (κ3) is 21.4. The number of amides is 3. The number of hydrogen-bond acceptors (Lipinski definition) is 17. The summed E-state index contributed by atoms with van der Waals surface area (Å²) in [5.41, 5.74) is 9.48. The summed E-state index contributed by atoms with van der Waals surface area (Å²) in [6, 6.07) is 29.9. The van der Waals surface area contributed by atoms with Gasteiger partial charge in [0.15, 0.2) is 0 Å². The van der Waals surface area contributed by atoms with Gasteiger partial charge in [-0.3, -0.25) is 24.1 Å². The van der Waals surface area contributed by atoms with Gasteiger partial charge in [0.2, 0.25) is 17.7 Å². The smallest absolute Gasteiger partial charge is 0.416 e. The standard InChI is InChI=1S/C37H46N2O7S.C22H26N2O3S.C20H25F3N2O2/c1-25-35(26(2)46-38-25)23-47-24-36(41)39-30-13-14-31(39)22-29(21-30)34-9-5-4-7-27(34)10-15-32(40)8-6-18-44-19-20-45-33-16-11-28(12-17-33)37(42)43-3;1-16-21(17(2)27-23-16)14-28-15-22(26)24-11-9-19(10-12-24)20-8-4-3-6-18(20)7-5-13-25;21-20(22,23)15-3-1-14(2-4-15)17-13-18(17)19(26)25-9-7-24(8-10-25)16-5-11-27-12-6-16/h4-5,7,9,11-12,16-17,29-31H,6,8,10,13-15,18-24H2,1-3H3;3-4,6,8,19,25H,9-15H2,1-2H3;1-4,16-18H,5-13H2/t;;17-,18?/m..0/s1. The van der Waals surface area contributed by atoms with Gasteiger partial charge >= 0.3 is 12.1 Å². The number of methoxy groups -OCH3 is 1. The minimum atomic E-state index is -4.32. The van der Waals surface area contributed by atoms with Gasteiger partial charge in [0, 0.05) is 124 Å². The minimum absolute atomic E-state index is 0.0632. The van der Waals surface area contributed by atoms with Crippen LogP contribution in [0, 0.1) is 45.5 Å². The molecule has 1 saturated carbocycles. The highest BCUT2D eigenvalue weighted by Crippen LogP contribution is 2.49. The lowest BCUT2D eigenvalue weighted by Crippen LogP contribution is -2.53. The van der Waals surface area contributed by atoms with E-state index in [4.69, 9.17) is 33.1 Å². The van der Waals surface area contributed by atoms with Crippen molar-refractivity contribution < 1.29 is 70.2 Å². The Morgan fingerprint density at radius 3 is 1.87 bits per heavy atom. The number of nitrogens with zero attached hydrogens (tertiary/aromatic N) is 6. The number of aromatic nitrogens is 2. The number of fused-ring (bicyclic) bond motifs is 2. The van der Waals surface area contributed by atoms with Gasteiger partial charge in [0.25, 0.3) is 0 Å². The number of alkyl halides is 3. The summed E-state index contributed by atoms with van der Waals surface area (Å²) < 4.78 is 69.9. The second-order valence-corrected chi connectivity index (χ2v) is 29.2. The minimum Gasteiger partial charge on any atom is -0.491 e. The third-order valence-electron chi connectivity index (χ3n) is 20.7. The largest absolute Gasteiger partial charge is 0.491 e. The van der Waals surface area contributed by atoms with E-state index in [-0.39, 0.29) is 60.0 Å². The SMILES string of the molecule is COC(=O)c1ccc(OCCOCCCC(=O)CCc2ccccc2C2CC3CCC(C2)N3C(=O)CSCc2c(C)noc2C)cc1.Cc1noc(C)c1CSCC(=O)N1CCC(c2ccccc2C#CCO)CC1.O=C(C1C[C@H]1c1ccc(C(F)(F)F)cc1)N1CCN(C2CCOCC2)CC1. The normalized spacial score (nSPS) is 19.9. The second-order valence-electron chi connectivity index (χ2n) is 27.2. The fraction of sp³-hybridized carbons (Fsp3) is 0.532. The first-order valence-electron chi connectivity index (χ1n) is 35.9. The van der Waals surface area contributed by atoms with E-state index in [1.54, 1.807) is 47.8 Å². The molecule has 1 N–H and O–H groups in total. The Kier molecular flexibility index (Phi) is 28.6. The molecule has 3 amide bonds. The van der Waals surface area contributed by atoms with Crippen LogP contribution in [0.2, 0.25) is 0 Å². The summed E-state index contributed by atoms with van der Waals surface area (Å²) in [5, 5.41) is 16.9. The molecule has 2 bridgehead atoms. The maximum Gasteiger partial charge on any atom is 0.416 e. The van der Waals surface area contributed by atoms with Crippen molar-refractivity contribution in [3.05, 3.63) is 170 Å². The number of esters is 1. The molecule has 5 aliphatic heterocycles. The number of rotatable bonds is 25. The van der Waals surface area contributed by atoms with Gasteiger partial charge in [-0.1, -0.05) is 76.8 Å². The number of aliphatic hydroxyl groups excluding tert-OH is 1. The molecule has 102 heavy (non-hydrogen) atoms. The summed E-state index contributed by atoms with van der Waals surface area (Å²) in [6.45, 7) is 15.4. The van der Waals surface area contributed by atoms with Gasteiger partial charge in [0.05, 0.1) is 47.7 Å². The number of Topliss-reactive ketones (excluding diaryl/α,β-unsaturated/α-hetero) is 1. The van der Waals surface area contributed by atoms with E-state index >= 15 is 0 Å². The predicted octanol–water partition coefficient (Wildman–Crippen LogP) is 13.0. The molecule has 23 heteroatoms. The number of halogens is 3. The molecule has 4 aromatic carbocycles. The van der Waals surface area contributed by atoms with E-state index in [0.29, 0.717) is 79.8 Å². The average Bonchev–Trinajstić information content (AvgIpc) is 1.62. The van der Waals surface area contributed by atoms with Crippen molar-refractivity contribution in [1.29, 1.82) is 0 Å². The molecule has 3 unspecified atom stereocenters. The zero-order valence-electron chi connectivity index (χ0n) is 59.4. The first-order chi connectivity index (χ1) is 49.4. The number of piperazine rings is 1. The molecular weight excluding hydrogens is 1350 g/mol. The zero-order chi connectivity index (χ0) is 72.1. The Morgan fingerprint density at radius 2 is 1.26 bits per heavy atom. The number of ketones is 1. The number of hydrogen-bond donors (Lipinski definition) is 1. The Balaban J connectivity index is 0.000000175. The number of likely N-dealkylation sites (tertiary alicyclic amines) is 1. The van der Waals surface area contributed by atoms with Gasteiger partial charge < -0.3 is 47.8 Å². The molecule has 6 fully saturated rings. The van der Waals surface area contributed by atoms with Crippen molar-refractivity contribution in [2.75, 3.05) is 97.5 Å². The van der Waals surface area contributed by atoms with Gasteiger partial charge in [-0.15, -0.1) is 23.5 Å². The van der Waals surface area contributed by atoms with Crippen LogP contribution < -0.4 is 4.74 Å². The third-order valence-corrected chi connectivity index (χ3v) is 22.6. The molecule has 0 spiro atoms. The molecule has 0 radical (unpaired) electrons. The second kappa shape index (κ2) is 37.8. The summed E-state index contributed by atoms with van der Waals surface area (Å²) in [7, 11) is 1.35. The Bertz CT molecular complexity index is 3740. The Labute approximate surface area is 605 Å². The molecule has 548 valence electrons. The fourth-order valence-electron chi connectivity index (χ4n) is 14.8.